The van der Waals surface area contributed by atoms with E-state index >= 15 is 0 Å². The molecule has 2 rings (SSSR count). The zero-order valence-electron chi connectivity index (χ0n) is 9.00. The summed E-state index contributed by atoms with van der Waals surface area (Å²) in [6, 6.07) is 6.08. The van der Waals surface area contributed by atoms with Gasteiger partial charge in [-0.25, -0.2) is 0 Å². The van der Waals surface area contributed by atoms with E-state index in [9.17, 15) is 14.9 Å². The number of rotatable bonds is 3. The van der Waals surface area contributed by atoms with Crippen LogP contribution in [0.5, 0.6) is 0 Å². The van der Waals surface area contributed by atoms with Crippen LogP contribution in [0.2, 0.25) is 0 Å². The number of nitro benzene ring substituents is 1. The third kappa shape index (κ3) is 2.26. The fourth-order valence-corrected chi connectivity index (χ4v) is 2.13. The Morgan fingerprint density at radius 1 is 1.35 bits per heavy atom. The van der Waals surface area contributed by atoms with Crippen molar-refractivity contribution in [2.75, 3.05) is 13.1 Å². The summed E-state index contributed by atoms with van der Waals surface area (Å²) in [6.07, 6.45) is 0. The smallest absolute Gasteiger partial charge is 0.308 e. The average Bonchev–Trinajstić information content (AvgIpc) is 2.78. The number of aliphatic carboxylic acids is 1. The highest BCUT2D eigenvalue weighted by atomic mass is 16.6. The lowest BCUT2D eigenvalue weighted by atomic mass is 9.89. The quantitative estimate of drug-likeness (QED) is 0.603. The molecular formula is C11H12N2O4. The standard InChI is InChI=1S/C11H12N2O4/c14-11(15)10-6-12-5-9(10)7-1-3-8(4-2-7)13(16)17/h1-4,9-10,12H,5-6H2,(H,14,15)/t9-,10+/m0/s1. The largest absolute Gasteiger partial charge is 0.481 e. The molecule has 2 N–H and O–H groups in total. The predicted molar refractivity (Wildman–Crippen MR) is 59.8 cm³/mol. The van der Waals surface area contributed by atoms with Crippen LogP contribution in [0, 0.1) is 16.0 Å². The molecule has 17 heavy (non-hydrogen) atoms. The van der Waals surface area contributed by atoms with Crippen LogP contribution in [0.15, 0.2) is 24.3 Å². The molecule has 6 nitrogen and oxygen atoms in total. The van der Waals surface area contributed by atoms with Gasteiger partial charge in [0.2, 0.25) is 0 Å². The first-order chi connectivity index (χ1) is 8.09. The molecule has 1 aliphatic heterocycles. The van der Waals surface area contributed by atoms with Crippen LogP contribution in [0.3, 0.4) is 0 Å². The average molecular weight is 236 g/mol. The van der Waals surface area contributed by atoms with Crippen molar-refractivity contribution in [2.45, 2.75) is 5.92 Å². The normalized spacial score (nSPS) is 23.5. The van der Waals surface area contributed by atoms with Crippen LogP contribution in [0.1, 0.15) is 11.5 Å². The van der Waals surface area contributed by atoms with Gasteiger partial charge >= 0.3 is 5.97 Å². The lowest BCUT2D eigenvalue weighted by Crippen LogP contribution is -2.20. The summed E-state index contributed by atoms with van der Waals surface area (Å²) < 4.78 is 0. The number of nitrogens with one attached hydrogen (secondary N) is 1. The van der Waals surface area contributed by atoms with E-state index in [0.29, 0.717) is 13.1 Å². The second kappa shape index (κ2) is 4.50. The molecule has 0 spiro atoms. The monoisotopic (exact) mass is 236 g/mol. The molecule has 0 amide bonds. The van der Waals surface area contributed by atoms with Crippen LogP contribution >= 0.6 is 0 Å². The van der Waals surface area contributed by atoms with E-state index in [4.69, 9.17) is 5.11 Å². The molecule has 0 radical (unpaired) electrons. The predicted octanol–water partition coefficient (Wildman–Crippen LogP) is 0.982. The molecule has 1 heterocycles. The van der Waals surface area contributed by atoms with E-state index in [2.05, 4.69) is 5.32 Å². The van der Waals surface area contributed by atoms with E-state index < -0.39 is 16.8 Å². The van der Waals surface area contributed by atoms with Gasteiger partial charge in [0.1, 0.15) is 0 Å². The van der Waals surface area contributed by atoms with Crippen molar-refractivity contribution in [1.82, 2.24) is 5.32 Å². The number of non-ortho nitro benzene ring substituents is 1. The minimum Gasteiger partial charge on any atom is -0.481 e. The minimum atomic E-state index is -0.835. The first-order valence-corrected chi connectivity index (χ1v) is 5.27. The van der Waals surface area contributed by atoms with Crippen molar-refractivity contribution in [1.29, 1.82) is 0 Å². The van der Waals surface area contributed by atoms with Crippen molar-refractivity contribution >= 4 is 11.7 Å². The Morgan fingerprint density at radius 2 is 2.00 bits per heavy atom. The van der Waals surface area contributed by atoms with Crippen molar-refractivity contribution in [3.8, 4) is 0 Å². The van der Waals surface area contributed by atoms with E-state index in [-0.39, 0.29) is 11.6 Å². The molecule has 1 aliphatic rings. The van der Waals surface area contributed by atoms with Crippen LogP contribution in [-0.2, 0) is 4.79 Å². The molecule has 0 bridgehead atoms. The van der Waals surface area contributed by atoms with Gasteiger partial charge in [-0.05, 0) is 5.56 Å². The molecule has 0 saturated carbocycles. The van der Waals surface area contributed by atoms with E-state index in [1.54, 1.807) is 12.1 Å². The number of hydrogen-bond donors (Lipinski definition) is 2. The third-order valence-corrected chi connectivity index (χ3v) is 3.06. The SMILES string of the molecule is O=C(O)[C@@H]1CNC[C@H]1c1ccc([N+](=O)[O-])cc1. The Balaban J connectivity index is 2.22. The number of benzene rings is 1. The minimum absolute atomic E-state index is 0.0200. The number of carboxylic acids is 1. The second-order valence-corrected chi connectivity index (χ2v) is 4.06. The number of hydrogen-bond acceptors (Lipinski definition) is 4. The van der Waals surface area contributed by atoms with E-state index in [1.165, 1.54) is 12.1 Å². The maximum atomic E-state index is 11.0. The molecule has 6 heteroatoms. The second-order valence-electron chi connectivity index (χ2n) is 4.06. The van der Waals surface area contributed by atoms with Crippen molar-refractivity contribution in [2.24, 2.45) is 5.92 Å². The topological polar surface area (TPSA) is 92.5 Å². The van der Waals surface area contributed by atoms with Gasteiger partial charge in [0.05, 0.1) is 10.8 Å². The van der Waals surface area contributed by atoms with Gasteiger partial charge in [0.15, 0.2) is 0 Å². The molecule has 0 aliphatic carbocycles. The maximum absolute atomic E-state index is 11.0. The molecule has 1 fully saturated rings. The maximum Gasteiger partial charge on any atom is 0.308 e. The summed E-state index contributed by atoms with van der Waals surface area (Å²) in [5, 5.41) is 22.6. The number of nitrogens with zero attached hydrogens (tertiary/aromatic N) is 1. The summed E-state index contributed by atoms with van der Waals surface area (Å²) in [6.45, 7) is 1.03. The first kappa shape index (κ1) is 11.5. The summed E-state index contributed by atoms with van der Waals surface area (Å²) in [4.78, 5) is 21.1. The lowest BCUT2D eigenvalue weighted by molar-refractivity contribution is -0.384. The highest BCUT2D eigenvalue weighted by Gasteiger charge is 2.33. The van der Waals surface area contributed by atoms with Gasteiger partial charge in [-0.3, -0.25) is 14.9 Å². The zero-order chi connectivity index (χ0) is 12.4. The third-order valence-electron chi connectivity index (χ3n) is 3.06. The van der Waals surface area contributed by atoms with Crippen LogP contribution < -0.4 is 5.32 Å². The van der Waals surface area contributed by atoms with Gasteiger partial charge in [0.25, 0.3) is 5.69 Å². The Labute approximate surface area is 97.4 Å². The van der Waals surface area contributed by atoms with Crippen LogP contribution in [0.4, 0.5) is 5.69 Å². The highest BCUT2D eigenvalue weighted by molar-refractivity contribution is 5.72. The molecule has 0 aromatic heterocycles. The van der Waals surface area contributed by atoms with E-state index in [1.807, 2.05) is 0 Å². The van der Waals surface area contributed by atoms with Gasteiger partial charge in [-0.15, -0.1) is 0 Å². The van der Waals surface area contributed by atoms with Gasteiger partial charge in [-0.1, -0.05) is 12.1 Å². The number of nitro groups is 1. The summed E-state index contributed by atoms with van der Waals surface area (Å²) in [5.41, 5.74) is 0.847. The molecule has 1 aromatic rings. The fourth-order valence-electron chi connectivity index (χ4n) is 2.13. The Bertz CT molecular complexity index is 443. The van der Waals surface area contributed by atoms with Crippen molar-refractivity contribution < 1.29 is 14.8 Å². The summed E-state index contributed by atoms with van der Waals surface area (Å²) >= 11 is 0. The van der Waals surface area contributed by atoms with Crippen molar-refractivity contribution in [3.05, 3.63) is 39.9 Å². The Morgan fingerprint density at radius 3 is 2.53 bits per heavy atom. The fraction of sp³-hybridized carbons (Fsp3) is 0.364. The number of carboxylic acid groups (broad SMARTS) is 1. The molecule has 1 aromatic carbocycles. The van der Waals surface area contributed by atoms with Crippen LogP contribution in [0.25, 0.3) is 0 Å². The van der Waals surface area contributed by atoms with Gasteiger partial charge in [0, 0.05) is 31.1 Å². The summed E-state index contributed by atoms with van der Waals surface area (Å²) in [7, 11) is 0. The zero-order valence-corrected chi connectivity index (χ0v) is 9.00. The highest BCUT2D eigenvalue weighted by Crippen LogP contribution is 2.29. The summed E-state index contributed by atoms with van der Waals surface area (Å²) in [5.74, 6) is -1.41. The number of carbonyl (C=O) groups is 1. The molecule has 0 unspecified atom stereocenters. The van der Waals surface area contributed by atoms with Crippen molar-refractivity contribution in [3.63, 3.8) is 0 Å². The molecule has 1 saturated heterocycles. The molecule has 2 atom stereocenters. The first-order valence-electron chi connectivity index (χ1n) is 5.27. The van der Waals surface area contributed by atoms with Gasteiger partial charge < -0.3 is 10.4 Å². The lowest BCUT2D eigenvalue weighted by Gasteiger charge is -2.14. The van der Waals surface area contributed by atoms with Gasteiger partial charge in [-0.2, -0.15) is 0 Å². The molecule has 90 valence electrons. The molecular weight excluding hydrogens is 224 g/mol. The Kier molecular flexibility index (Phi) is 3.06. The Hall–Kier alpha value is -1.95. The van der Waals surface area contributed by atoms with E-state index in [0.717, 1.165) is 5.56 Å². The van der Waals surface area contributed by atoms with Crippen LogP contribution in [-0.4, -0.2) is 29.1 Å².